The van der Waals surface area contributed by atoms with Gasteiger partial charge in [-0.3, -0.25) is 34.0 Å². The van der Waals surface area contributed by atoms with Crippen LogP contribution in [0, 0.1) is 6.92 Å². The quantitative estimate of drug-likeness (QED) is 0.169. The zero-order chi connectivity index (χ0) is 38.1. The van der Waals surface area contributed by atoms with E-state index in [4.69, 9.17) is 4.98 Å². The minimum absolute atomic E-state index is 0.0284. The summed E-state index contributed by atoms with van der Waals surface area (Å²) in [5, 5.41) is 6.45. The highest BCUT2D eigenvalue weighted by Crippen LogP contribution is 2.33. The number of likely N-dealkylation sites (tertiary alicyclic amines) is 1. The Bertz CT molecular complexity index is 2130. The van der Waals surface area contributed by atoms with Crippen molar-refractivity contribution in [2.24, 2.45) is 0 Å². The Morgan fingerprint density at radius 3 is 2.38 bits per heavy atom. The fraction of sp³-hybridized carbons (Fsp3) is 0.500. The second-order valence-corrected chi connectivity index (χ2v) is 15.7. The Hall–Kier alpha value is -5.01. The second-order valence-electron chi connectivity index (χ2n) is 15.7. The summed E-state index contributed by atoms with van der Waals surface area (Å²) in [4.78, 5) is 71.7. The first-order valence-corrected chi connectivity index (χ1v) is 20.0. The van der Waals surface area contributed by atoms with Gasteiger partial charge in [-0.15, -0.1) is 0 Å². The van der Waals surface area contributed by atoms with Gasteiger partial charge in [-0.1, -0.05) is 31.0 Å². The number of pyridine rings is 2. The van der Waals surface area contributed by atoms with Gasteiger partial charge in [0.05, 0.1) is 11.5 Å². The molecule has 3 aliphatic heterocycles. The summed E-state index contributed by atoms with van der Waals surface area (Å²) in [6.07, 6.45) is 11.8. The molecular weight excluding hydrogens is 695 g/mol. The van der Waals surface area contributed by atoms with Crippen molar-refractivity contribution in [3.8, 4) is 0 Å². The third kappa shape index (κ3) is 7.90. The highest BCUT2D eigenvalue weighted by atomic mass is 16.2. The van der Waals surface area contributed by atoms with Gasteiger partial charge < -0.3 is 15.1 Å². The summed E-state index contributed by atoms with van der Waals surface area (Å²) < 4.78 is 1.73. The number of carbonyl (C=O) groups excluding carboxylic acids is 3. The number of aryl methyl sites for hydroxylation is 1. The van der Waals surface area contributed by atoms with E-state index in [9.17, 15) is 19.2 Å². The lowest BCUT2D eigenvalue weighted by molar-refractivity contribution is -0.134. The molecule has 13 nitrogen and oxygen atoms in total. The average molecular weight is 746 g/mol. The van der Waals surface area contributed by atoms with E-state index in [0.29, 0.717) is 41.9 Å². The SMILES string of the molecule is CC(=O)c1c(C)c2cnc(Nc3ccc(CCN4CCC(N5CCN(c6cccc(C7CCC(=O)NC7=O)c6)CC5)CC4)cn3)nc2n(C2CCCC2)c1=O. The van der Waals surface area contributed by atoms with Crippen LogP contribution in [-0.2, 0) is 16.0 Å². The molecule has 0 spiro atoms. The Balaban J connectivity index is 0.815. The van der Waals surface area contributed by atoms with Crippen LogP contribution in [0.3, 0.4) is 0 Å². The number of anilines is 3. The fourth-order valence-electron chi connectivity index (χ4n) is 9.16. The highest BCUT2D eigenvalue weighted by Gasteiger charge is 2.31. The van der Waals surface area contributed by atoms with Crippen LogP contribution >= 0.6 is 0 Å². The number of benzene rings is 1. The van der Waals surface area contributed by atoms with Crippen LogP contribution < -0.4 is 21.1 Å². The highest BCUT2D eigenvalue weighted by molar-refractivity contribution is 6.01. The maximum atomic E-state index is 13.5. The lowest BCUT2D eigenvalue weighted by Crippen LogP contribution is -2.53. The predicted octanol–water partition coefficient (Wildman–Crippen LogP) is 4.91. The van der Waals surface area contributed by atoms with Crippen LogP contribution in [0.15, 0.2) is 53.6 Å². The van der Waals surface area contributed by atoms with Crippen molar-refractivity contribution in [2.75, 3.05) is 56.0 Å². The number of piperazine rings is 1. The van der Waals surface area contributed by atoms with Gasteiger partial charge in [0.1, 0.15) is 11.5 Å². The van der Waals surface area contributed by atoms with Gasteiger partial charge in [-0.25, -0.2) is 9.97 Å². The minimum atomic E-state index is -0.257. The van der Waals surface area contributed by atoms with Gasteiger partial charge in [0.25, 0.3) is 5.56 Å². The number of piperidine rings is 2. The largest absolute Gasteiger partial charge is 0.369 e. The van der Waals surface area contributed by atoms with E-state index in [0.717, 1.165) is 94.6 Å². The number of ketones is 1. The zero-order valence-electron chi connectivity index (χ0n) is 31.9. The van der Waals surface area contributed by atoms with E-state index >= 15 is 0 Å². The molecule has 1 aromatic carbocycles. The number of imide groups is 1. The van der Waals surface area contributed by atoms with Gasteiger partial charge >= 0.3 is 0 Å². The molecule has 2 amide bonds. The normalized spacial score (nSPS) is 20.6. The van der Waals surface area contributed by atoms with Crippen LogP contribution in [0.1, 0.15) is 97.3 Å². The number of aromatic nitrogens is 4. The number of fused-ring (bicyclic) bond motifs is 1. The number of hydrogen-bond donors (Lipinski definition) is 2. The molecule has 6 heterocycles. The van der Waals surface area contributed by atoms with Crippen LogP contribution in [0.5, 0.6) is 0 Å². The summed E-state index contributed by atoms with van der Waals surface area (Å²) in [5.41, 5.74) is 4.49. The number of hydrogen-bond acceptors (Lipinski definition) is 11. The molecule has 4 aliphatic rings. The van der Waals surface area contributed by atoms with Crippen LogP contribution in [0.2, 0.25) is 0 Å². The summed E-state index contributed by atoms with van der Waals surface area (Å²) >= 11 is 0. The molecule has 3 aromatic heterocycles. The molecule has 55 heavy (non-hydrogen) atoms. The van der Waals surface area contributed by atoms with E-state index < -0.39 is 0 Å². The molecule has 1 aliphatic carbocycles. The van der Waals surface area contributed by atoms with Crippen molar-refractivity contribution >= 4 is 46.1 Å². The molecule has 0 bridgehead atoms. The lowest BCUT2D eigenvalue weighted by atomic mass is 9.90. The summed E-state index contributed by atoms with van der Waals surface area (Å²) in [6, 6.07) is 13.0. The third-order valence-corrected chi connectivity index (χ3v) is 12.3. The molecule has 288 valence electrons. The standard InChI is InChI=1S/C42H51N9O4/c1-27-35-26-44-42(47-39(35)51(32-7-3-4-8-32)41(55)38(27)28(2)52)45-36-12-10-29(25-43-36)14-17-48-18-15-31(16-19-48)49-20-22-50(23-21-49)33-9-5-6-30(24-33)34-11-13-37(53)46-40(34)54/h5-6,9-10,12,24-26,31-32,34H,3-4,7-8,11,13-23H2,1-2H3,(H,46,53,54)(H,43,44,45,47). The molecule has 0 radical (unpaired) electrons. The maximum Gasteiger partial charge on any atom is 0.263 e. The molecule has 3 saturated heterocycles. The minimum Gasteiger partial charge on any atom is -0.369 e. The molecule has 2 N–H and O–H groups in total. The van der Waals surface area contributed by atoms with Gasteiger partial charge in [-0.05, 0) is 100 Å². The van der Waals surface area contributed by atoms with E-state index in [-0.39, 0.29) is 40.7 Å². The van der Waals surface area contributed by atoms with Crippen molar-refractivity contribution in [1.82, 2.24) is 34.6 Å². The molecular formula is C42H51N9O4. The molecule has 8 rings (SSSR count). The first-order valence-electron chi connectivity index (χ1n) is 20.0. The summed E-state index contributed by atoms with van der Waals surface area (Å²) in [7, 11) is 0. The number of nitrogens with zero attached hydrogens (tertiary/aromatic N) is 7. The average Bonchev–Trinajstić information content (AvgIpc) is 3.72. The van der Waals surface area contributed by atoms with Gasteiger partial charge in [0.15, 0.2) is 5.78 Å². The van der Waals surface area contributed by atoms with E-state index in [1.807, 2.05) is 24.4 Å². The molecule has 13 heteroatoms. The van der Waals surface area contributed by atoms with Crippen LogP contribution in [0.25, 0.3) is 11.0 Å². The van der Waals surface area contributed by atoms with Gasteiger partial charge in [-0.2, -0.15) is 4.98 Å². The van der Waals surface area contributed by atoms with Crippen LogP contribution in [-0.4, -0.2) is 98.8 Å². The summed E-state index contributed by atoms with van der Waals surface area (Å²) in [5.74, 6) is 0.161. The number of Topliss-reactive ketones (excluding diaryl/α,β-unsaturated/α-hetero) is 1. The predicted molar refractivity (Wildman–Crippen MR) is 212 cm³/mol. The lowest BCUT2D eigenvalue weighted by Gasteiger charge is -2.43. The topological polar surface area (TPSA) is 146 Å². The second kappa shape index (κ2) is 16.0. The fourth-order valence-corrected chi connectivity index (χ4v) is 9.16. The van der Waals surface area contributed by atoms with Gasteiger partial charge in [0.2, 0.25) is 17.8 Å². The Kier molecular flexibility index (Phi) is 10.7. The maximum absolute atomic E-state index is 13.5. The smallest absolute Gasteiger partial charge is 0.263 e. The van der Waals surface area contributed by atoms with E-state index in [1.165, 1.54) is 25.3 Å². The Morgan fingerprint density at radius 2 is 1.67 bits per heavy atom. The zero-order valence-corrected chi connectivity index (χ0v) is 31.9. The van der Waals surface area contributed by atoms with Gasteiger partial charge in [0, 0.05) is 74.7 Å². The number of nitrogens with one attached hydrogen (secondary N) is 2. The molecule has 1 saturated carbocycles. The van der Waals surface area contributed by atoms with Crippen molar-refractivity contribution in [2.45, 2.75) is 89.6 Å². The summed E-state index contributed by atoms with van der Waals surface area (Å²) in [6.45, 7) is 10.4. The Labute approximate surface area is 321 Å². The number of carbonyl (C=O) groups is 3. The third-order valence-electron chi connectivity index (χ3n) is 12.3. The first-order chi connectivity index (χ1) is 26.7. The van der Waals surface area contributed by atoms with Crippen molar-refractivity contribution in [3.63, 3.8) is 0 Å². The Morgan fingerprint density at radius 1 is 0.891 bits per heavy atom. The molecule has 4 aromatic rings. The van der Waals surface area contributed by atoms with E-state index in [2.05, 4.69) is 53.5 Å². The van der Waals surface area contributed by atoms with Crippen LogP contribution in [0.4, 0.5) is 17.5 Å². The van der Waals surface area contributed by atoms with Crippen molar-refractivity contribution in [1.29, 1.82) is 0 Å². The molecule has 1 unspecified atom stereocenters. The van der Waals surface area contributed by atoms with Crippen molar-refractivity contribution < 1.29 is 14.4 Å². The first kappa shape index (κ1) is 36.9. The van der Waals surface area contributed by atoms with Crippen molar-refractivity contribution in [3.05, 3.63) is 81.4 Å². The molecule has 1 atom stereocenters. The number of amides is 2. The monoisotopic (exact) mass is 745 g/mol. The number of rotatable bonds is 10. The van der Waals surface area contributed by atoms with E-state index in [1.54, 1.807) is 17.7 Å². The molecule has 4 fully saturated rings.